The van der Waals surface area contributed by atoms with E-state index in [0.29, 0.717) is 12.2 Å². The predicted molar refractivity (Wildman–Crippen MR) is 79.4 cm³/mol. The number of rotatable bonds is 6. The van der Waals surface area contributed by atoms with Crippen molar-refractivity contribution in [3.63, 3.8) is 0 Å². The third kappa shape index (κ3) is 4.46. The first-order valence-electron chi connectivity index (χ1n) is 8.58. The predicted octanol–water partition coefficient (Wildman–Crippen LogP) is 4.57. The molecule has 1 aliphatic heterocycles. The van der Waals surface area contributed by atoms with Crippen molar-refractivity contribution in [3.05, 3.63) is 0 Å². The lowest BCUT2D eigenvalue weighted by molar-refractivity contribution is -0.163. The molecule has 19 heavy (non-hydrogen) atoms. The molecule has 0 bridgehead atoms. The van der Waals surface area contributed by atoms with E-state index in [0.717, 1.165) is 25.0 Å². The van der Waals surface area contributed by atoms with Crippen LogP contribution in [0.25, 0.3) is 0 Å². The van der Waals surface area contributed by atoms with Gasteiger partial charge in [-0.25, -0.2) is 0 Å². The molecule has 0 aromatic carbocycles. The summed E-state index contributed by atoms with van der Waals surface area (Å²) in [6.07, 6.45) is 12.7. The van der Waals surface area contributed by atoms with Crippen molar-refractivity contribution >= 4 is 0 Å². The molecular weight excluding hydrogens is 236 g/mol. The SMILES string of the molecule is CCCCC1COC(C2CCCCC2CCC)CO1. The Morgan fingerprint density at radius 3 is 2.42 bits per heavy atom. The third-order valence-corrected chi connectivity index (χ3v) is 4.98. The molecule has 0 N–H and O–H groups in total. The van der Waals surface area contributed by atoms with E-state index in [9.17, 15) is 0 Å². The minimum absolute atomic E-state index is 0.365. The zero-order chi connectivity index (χ0) is 13.5. The summed E-state index contributed by atoms with van der Waals surface area (Å²) in [6, 6.07) is 0. The van der Waals surface area contributed by atoms with Gasteiger partial charge in [0.05, 0.1) is 25.4 Å². The molecule has 0 radical (unpaired) electrons. The van der Waals surface area contributed by atoms with Gasteiger partial charge in [0, 0.05) is 0 Å². The third-order valence-electron chi connectivity index (χ3n) is 4.98. The lowest BCUT2D eigenvalue weighted by atomic mass is 9.74. The summed E-state index contributed by atoms with van der Waals surface area (Å²) in [4.78, 5) is 0. The fraction of sp³-hybridized carbons (Fsp3) is 1.00. The Bertz CT molecular complexity index is 231. The van der Waals surface area contributed by atoms with Gasteiger partial charge in [-0.2, -0.15) is 0 Å². The first kappa shape index (κ1) is 15.3. The highest BCUT2D eigenvalue weighted by Crippen LogP contribution is 2.37. The molecule has 2 rings (SSSR count). The normalized spacial score (nSPS) is 36.3. The molecule has 2 heteroatoms. The largest absolute Gasteiger partial charge is 0.373 e. The van der Waals surface area contributed by atoms with Gasteiger partial charge in [0.25, 0.3) is 0 Å². The molecule has 2 nitrogen and oxygen atoms in total. The van der Waals surface area contributed by atoms with Crippen LogP contribution in [0.4, 0.5) is 0 Å². The molecule has 0 spiro atoms. The van der Waals surface area contributed by atoms with Gasteiger partial charge in [0.15, 0.2) is 0 Å². The number of ether oxygens (including phenoxy) is 2. The summed E-state index contributed by atoms with van der Waals surface area (Å²) in [6.45, 7) is 6.23. The molecule has 2 aliphatic rings. The topological polar surface area (TPSA) is 18.5 Å². The van der Waals surface area contributed by atoms with Gasteiger partial charge in [0.2, 0.25) is 0 Å². The summed E-state index contributed by atoms with van der Waals surface area (Å²) in [5.41, 5.74) is 0. The lowest BCUT2D eigenvalue weighted by Gasteiger charge is -2.40. The molecule has 1 saturated carbocycles. The Labute approximate surface area is 119 Å². The summed E-state index contributed by atoms with van der Waals surface area (Å²) < 4.78 is 12.2. The maximum Gasteiger partial charge on any atom is 0.0840 e. The molecule has 0 aromatic heterocycles. The fourth-order valence-corrected chi connectivity index (χ4v) is 3.86. The van der Waals surface area contributed by atoms with Crippen LogP contribution in [-0.4, -0.2) is 25.4 Å². The zero-order valence-corrected chi connectivity index (χ0v) is 12.9. The zero-order valence-electron chi connectivity index (χ0n) is 12.9. The standard InChI is InChI=1S/C17H32O2/c1-3-5-10-15-12-19-17(13-18-15)16-11-7-6-9-14(16)8-4-2/h14-17H,3-13H2,1-2H3. The van der Waals surface area contributed by atoms with Gasteiger partial charge in [-0.3, -0.25) is 0 Å². The molecular formula is C17H32O2. The van der Waals surface area contributed by atoms with E-state index in [1.807, 2.05) is 0 Å². The lowest BCUT2D eigenvalue weighted by Crippen LogP contribution is -2.43. The van der Waals surface area contributed by atoms with Crippen molar-refractivity contribution in [1.82, 2.24) is 0 Å². The van der Waals surface area contributed by atoms with Crippen LogP contribution < -0.4 is 0 Å². The van der Waals surface area contributed by atoms with Gasteiger partial charge in [-0.15, -0.1) is 0 Å². The van der Waals surface area contributed by atoms with E-state index < -0.39 is 0 Å². The quantitative estimate of drug-likeness (QED) is 0.702. The van der Waals surface area contributed by atoms with Crippen molar-refractivity contribution < 1.29 is 9.47 Å². The fourth-order valence-electron chi connectivity index (χ4n) is 3.86. The summed E-state index contributed by atoms with van der Waals surface area (Å²) in [7, 11) is 0. The second-order valence-electron chi connectivity index (χ2n) is 6.47. The van der Waals surface area contributed by atoms with E-state index in [-0.39, 0.29) is 0 Å². The van der Waals surface area contributed by atoms with Crippen LogP contribution in [0.1, 0.15) is 71.6 Å². The first-order valence-corrected chi connectivity index (χ1v) is 8.58. The highest BCUT2D eigenvalue weighted by atomic mass is 16.6. The summed E-state index contributed by atoms with van der Waals surface area (Å²) >= 11 is 0. The van der Waals surface area contributed by atoms with Gasteiger partial charge in [-0.05, 0) is 24.7 Å². The summed E-state index contributed by atoms with van der Waals surface area (Å²) in [5.74, 6) is 1.65. The highest BCUT2D eigenvalue weighted by molar-refractivity contribution is 4.83. The second-order valence-corrected chi connectivity index (χ2v) is 6.47. The smallest absolute Gasteiger partial charge is 0.0840 e. The number of hydrogen-bond acceptors (Lipinski definition) is 2. The monoisotopic (exact) mass is 268 g/mol. The maximum atomic E-state index is 6.18. The number of hydrogen-bond donors (Lipinski definition) is 0. The first-order chi connectivity index (χ1) is 9.35. The minimum atomic E-state index is 0.365. The van der Waals surface area contributed by atoms with Gasteiger partial charge in [0.1, 0.15) is 0 Å². The van der Waals surface area contributed by atoms with E-state index >= 15 is 0 Å². The average Bonchev–Trinajstić information content (AvgIpc) is 2.47. The van der Waals surface area contributed by atoms with Crippen LogP contribution in [-0.2, 0) is 9.47 Å². The maximum absolute atomic E-state index is 6.18. The Morgan fingerprint density at radius 2 is 1.74 bits per heavy atom. The van der Waals surface area contributed by atoms with Crippen molar-refractivity contribution in [2.45, 2.75) is 83.8 Å². The van der Waals surface area contributed by atoms with Gasteiger partial charge in [-0.1, -0.05) is 58.8 Å². The van der Waals surface area contributed by atoms with Crippen LogP contribution in [0.3, 0.4) is 0 Å². The van der Waals surface area contributed by atoms with E-state index in [1.165, 1.54) is 57.8 Å². The molecule has 1 saturated heterocycles. The Morgan fingerprint density at radius 1 is 0.895 bits per heavy atom. The van der Waals surface area contributed by atoms with Crippen molar-refractivity contribution in [1.29, 1.82) is 0 Å². The van der Waals surface area contributed by atoms with Crippen LogP contribution in [0.15, 0.2) is 0 Å². The van der Waals surface area contributed by atoms with Crippen molar-refractivity contribution in [2.24, 2.45) is 11.8 Å². The second kappa shape index (κ2) is 8.26. The Hall–Kier alpha value is -0.0800. The molecule has 0 aromatic rings. The van der Waals surface area contributed by atoms with E-state index in [2.05, 4.69) is 13.8 Å². The molecule has 2 fully saturated rings. The minimum Gasteiger partial charge on any atom is -0.373 e. The molecule has 112 valence electrons. The van der Waals surface area contributed by atoms with Gasteiger partial charge >= 0.3 is 0 Å². The number of unbranched alkanes of at least 4 members (excludes halogenated alkanes) is 1. The van der Waals surface area contributed by atoms with Crippen LogP contribution >= 0.6 is 0 Å². The summed E-state index contributed by atoms with van der Waals surface area (Å²) in [5, 5.41) is 0. The molecule has 1 aliphatic carbocycles. The highest BCUT2D eigenvalue weighted by Gasteiger charge is 2.34. The molecule has 1 heterocycles. The molecule has 4 unspecified atom stereocenters. The molecule has 4 atom stereocenters. The van der Waals surface area contributed by atoms with Crippen molar-refractivity contribution in [3.8, 4) is 0 Å². The van der Waals surface area contributed by atoms with Crippen molar-refractivity contribution in [2.75, 3.05) is 13.2 Å². The Kier molecular flexibility index (Phi) is 6.66. The Balaban J connectivity index is 1.78. The van der Waals surface area contributed by atoms with Gasteiger partial charge < -0.3 is 9.47 Å². The van der Waals surface area contributed by atoms with Crippen LogP contribution in [0, 0.1) is 11.8 Å². The van der Waals surface area contributed by atoms with Crippen LogP contribution in [0.2, 0.25) is 0 Å². The molecule has 0 amide bonds. The van der Waals surface area contributed by atoms with Crippen LogP contribution in [0.5, 0.6) is 0 Å². The average molecular weight is 268 g/mol. The van der Waals surface area contributed by atoms with E-state index in [4.69, 9.17) is 9.47 Å². The van der Waals surface area contributed by atoms with E-state index in [1.54, 1.807) is 0 Å².